The fourth-order valence-corrected chi connectivity index (χ4v) is 0.945. The van der Waals surface area contributed by atoms with Crippen LogP contribution in [-0.4, -0.2) is 12.9 Å². The van der Waals surface area contributed by atoms with Gasteiger partial charge < -0.3 is 10.1 Å². The average Bonchev–Trinajstić information content (AvgIpc) is 2.12. The smallest absolute Gasteiger partial charge is 0.406 e. The van der Waals surface area contributed by atoms with Crippen LogP contribution in [0, 0.1) is 11.3 Å². The Kier molecular flexibility index (Phi) is 3.39. The summed E-state index contributed by atoms with van der Waals surface area (Å²) in [5.74, 6) is -0.314. The van der Waals surface area contributed by atoms with Crippen molar-refractivity contribution in [2.75, 3.05) is 11.9 Å². The molecule has 1 aromatic rings. The highest BCUT2D eigenvalue weighted by molar-refractivity contribution is 5.48. The summed E-state index contributed by atoms with van der Waals surface area (Å²) in [5.41, 5.74) is 0.401. The second-order valence-electron chi connectivity index (χ2n) is 2.59. The Morgan fingerprint density at radius 1 is 1.40 bits per heavy atom. The molecule has 1 rings (SSSR count). The van der Waals surface area contributed by atoms with E-state index in [0.717, 1.165) is 0 Å². The molecule has 0 aliphatic carbocycles. The van der Waals surface area contributed by atoms with Gasteiger partial charge in [0, 0.05) is 11.8 Å². The van der Waals surface area contributed by atoms with E-state index in [-0.39, 0.29) is 12.3 Å². The van der Waals surface area contributed by atoms with Crippen LogP contribution in [0.4, 0.5) is 18.9 Å². The van der Waals surface area contributed by atoms with Gasteiger partial charge in [0.2, 0.25) is 0 Å². The Labute approximate surface area is 84.1 Å². The van der Waals surface area contributed by atoms with Crippen LogP contribution in [0.2, 0.25) is 0 Å². The van der Waals surface area contributed by atoms with Gasteiger partial charge in [0.15, 0.2) is 0 Å². The molecule has 0 bridgehead atoms. The van der Waals surface area contributed by atoms with Gasteiger partial charge in [-0.1, -0.05) is 6.07 Å². The minimum Gasteiger partial charge on any atom is -0.406 e. The summed E-state index contributed by atoms with van der Waals surface area (Å²) >= 11 is 0. The molecule has 3 nitrogen and oxygen atoms in total. The number of nitrogens with one attached hydrogen (secondary N) is 1. The molecule has 0 radical (unpaired) electrons. The SMILES string of the molecule is N#CCNc1cccc(OC(F)(F)F)c1. The van der Waals surface area contributed by atoms with E-state index in [9.17, 15) is 13.2 Å². The lowest BCUT2D eigenvalue weighted by Crippen LogP contribution is -2.17. The number of halogens is 3. The van der Waals surface area contributed by atoms with E-state index in [0.29, 0.717) is 5.69 Å². The molecular weight excluding hydrogens is 209 g/mol. The van der Waals surface area contributed by atoms with Crippen LogP contribution in [0.5, 0.6) is 5.75 Å². The molecule has 15 heavy (non-hydrogen) atoms. The summed E-state index contributed by atoms with van der Waals surface area (Å²) in [6.07, 6.45) is -4.70. The van der Waals surface area contributed by atoms with Gasteiger partial charge in [-0.25, -0.2) is 0 Å². The highest BCUT2D eigenvalue weighted by atomic mass is 19.4. The van der Waals surface area contributed by atoms with Crippen molar-refractivity contribution in [3.8, 4) is 11.8 Å². The van der Waals surface area contributed by atoms with Gasteiger partial charge in [-0.05, 0) is 12.1 Å². The van der Waals surface area contributed by atoms with Crippen molar-refractivity contribution in [1.82, 2.24) is 0 Å². The predicted octanol–water partition coefficient (Wildman–Crippen LogP) is 2.52. The number of anilines is 1. The summed E-state index contributed by atoms with van der Waals surface area (Å²) in [6, 6.07) is 7.11. The number of rotatable bonds is 3. The van der Waals surface area contributed by atoms with E-state index in [2.05, 4.69) is 10.1 Å². The highest BCUT2D eigenvalue weighted by Gasteiger charge is 2.31. The van der Waals surface area contributed by atoms with Crippen LogP contribution in [0.1, 0.15) is 0 Å². The van der Waals surface area contributed by atoms with Crippen LogP contribution in [0.3, 0.4) is 0 Å². The van der Waals surface area contributed by atoms with Crippen molar-refractivity contribution < 1.29 is 17.9 Å². The Balaban J connectivity index is 2.71. The third kappa shape index (κ3) is 4.22. The number of benzene rings is 1. The standard InChI is InChI=1S/C9H7F3N2O/c10-9(11,12)15-8-3-1-2-7(6-8)14-5-4-13/h1-3,6,14H,5H2. The highest BCUT2D eigenvalue weighted by Crippen LogP contribution is 2.24. The molecular formula is C9H7F3N2O. The second-order valence-corrected chi connectivity index (χ2v) is 2.59. The van der Waals surface area contributed by atoms with Gasteiger partial charge in [-0.2, -0.15) is 5.26 Å². The Morgan fingerprint density at radius 2 is 2.13 bits per heavy atom. The molecule has 0 atom stereocenters. The maximum Gasteiger partial charge on any atom is 0.573 e. The first-order valence-electron chi connectivity index (χ1n) is 3.98. The quantitative estimate of drug-likeness (QED) is 0.789. The number of alkyl halides is 3. The lowest BCUT2D eigenvalue weighted by atomic mass is 10.3. The van der Waals surface area contributed by atoms with Crippen molar-refractivity contribution in [2.24, 2.45) is 0 Å². The summed E-state index contributed by atoms with van der Waals surface area (Å²) in [7, 11) is 0. The first-order chi connectivity index (χ1) is 7.01. The molecule has 0 saturated heterocycles. The number of nitriles is 1. The molecule has 1 N–H and O–H groups in total. The van der Waals surface area contributed by atoms with E-state index in [1.54, 1.807) is 6.07 Å². The molecule has 0 spiro atoms. The Morgan fingerprint density at radius 3 is 2.73 bits per heavy atom. The van der Waals surface area contributed by atoms with E-state index in [1.165, 1.54) is 18.2 Å². The molecule has 80 valence electrons. The summed E-state index contributed by atoms with van der Waals surface area (Å²) < 4.78 is 39.2. The van der Waals surface area contributed by atoms with Crippen LogP contribution < -0.4 is 10.1 Å². The summed E-state index contributed by atoms with van der Waals surface area (Å²) in [6.45, 7) is 0.0233. The minimum absolute atomic E-state index is 0.0233. The molecule has 0 amide bonds. The van der Waals surface area contributed by atoms with Crippen molar-refractivity contribution >= 4 is 5.69 Å². The van der Waals surface area contributed by atoms with E-state index in [4.69, 9.17) is 5.26 Å². The van der Waals surface area contributed by atoms with Gasteiger partial charge in [-0.15, -0.1) is 13.2 Å². The molecule has 0 saturated carbocycles. The summed E-state index contributed by atoms with van der Waals surface area (Å²) in [5, 5.41) is 10.9. The third-order valence-electron chi connectivity index (χ3n) is 1.44. The molecule has 1 aromatic carbocycles. The average molecular weight is 216 g/mol. The van der Waals surface area contributed by atoms with Crippen LogP contribution in [0.25, 0.3) is 0 Å². The van der Waals surface area contributed by atoms with Gasteiger partial charge in [0.05, 0.1) is 6.07 Å². The molecule has 0 fully saturated rings. The maximum absolute atomic E-state index is 11.8. The molecule has 0 aliphatic rings. The summed E-state index contributed by atoms with van der Waals surface area (Å²) in [4.78, 5) is 0. The predicted molar refractivity (Wildman–Crippen MR) is 47.2 cm³/mol. The van der Waals surface area contributed by atoms with Gasteiger partial charge >= 0.3 is 6.36 Å². The van der Waals surface area contributed by atoms with Crippen molar-refractivity contribution in [3.63, 3.8) is 0 Å². The largest absolute Gasteiger partial charge is 0.573 e. The fourth-order valence-electron chi connectivity index (χ4n) is 0.945. The number of nitrogens with zero attached hydrogens (tertiary/aromatic N) is 1. The van der Waals surface area contributed by atoms with Crippen molar-refractivity contribution in [3.05, 3.63) is 24.3 Å². The Hall–Kier alpha value is -1.90. The zero-order valence-electron chi connectivity index (χ0n) is 7.51. The van der Waals surface area contributed by atoms with Crippen LogP contribution >= 0.6 is 0 Å². The molecule has 0 heterocycles. The monoisotopic (exact) mass is 216 g/mol. The van der Waals surface area contributed by atoms with Crippen LogP contribution in [-0.2, 0) is 0 Å². The first-order valence-corrected chi connectivity index (χ1v) is 3.98. The molecule has 6 heteroatoms. The second kappa shape index (κ2) is 4.55. The van der Waals surface area contributed by atoms with Crippen molar-refractivity contribution in [1.29, 1.82) is 5.26 Å². The molecule has 0 aliphatic heterocycles. The first kappa shape index (κ1) is 11.2. The lowest BCUT2D eigenvalue weighted by Gasteiger charge is -2.09. The molecule has 0 aromatic heterocycles. The topological polar surface area (TPSA) is 45.0 Å². The van der Waals surface area contributed by atoms with Gasteiger partial charge in [-0.3, -0.25) is 0 Å². The number of hydrogen-bond acceptors (Lipinski definition) is 3. The van der Waals surface area contributed by atoms with E-state index in [1.807, 2.05) is 6.07 Å². The lowest BCUT2D eigenvalue weighted by molar-refractivity contribution is -0.274. The zero-order chi connectivity index (χ0) is 11.3. The maximum atomic E-state index is 11.8. The Bertz CT molecular complexity index is 370. The van der Waals surface area contributed by atoms with Gasteiger partial charge in [0.1, 0.15) is 12.3 Å². The number of hydrogen-bond donors (Lipinski definition) is 1. The van der Waals surface area contributed by atoms with Crippen LogP contribution in [0.15, 0.2) is 24.3 Å². The third-order valence-corrected chi connectivity index (χ3v) is 1.44. The number of ether oxygens (including phenoxy) is 1. The van der Waals surface area contributed by atoms with Crippen molar-refractivity contribution in [2.45, 2.75) is 6.36 Å². The zero-order valence-corrected chi connectivity index (χ0v) is 7.51. The minimum atomic E-state index is -4.70. The van der Waals surface area contributed by atoms with E-state index < -0.39 is 6.36 Å². The van der Waals surface area contributed by atoms with E-state index >= 15 is 0 Å². The normalized spacial score (nSPS) is 10.5. The molecule has 0 unspecified atom stereocenters. The van der Waals surface area contributed by atoms with Gasteiger partial charge in [0.25, 0.3) is 0 Å². The fraction of sp³-hybridized carbons (Fsp3) is 0.222.